The molecule has 0 atom stereocenters. The Morgan fingerprint density at radius 3 is 1.95 bits per heavy atom. The zero-order valence-electron chi connectivity index (χ0n) is 10.7. The van der Waals surface area contributed by atoms with Gasteiger partial charge in [0.05, 0.1) is 0 Å². The molecule has 0 aliphatic heterocycles. The van der Waals surface area contributed by atoms with E-state index in [0.29, 0.717) is 5.56 Å². The van der Waals surface area contributed by atoms with Gasteiger partial charge in [0.2, 0.25) is 0 Å². The summed E-state index contributed by atoms with van der Waals surface area (Å²) in [5, 5.41) is 18.3. The summed E-state index contributed by atoms with van der Waals surface area (Å²) in [6.07, 6.45) is 6.70. The normalized spacial score (nSPS) is 11.2. The number of aromatic hydroxyl groups is 2. The van der Waals surface area contributed by atoms with Gasteiger partial charge in [0, 0.05) is 5.56 Å². The fraction of sp³-hybridized carbons (Fsp3) is 0. The van der Waals surface area contributed by atoms with Crippen molar-refractivity contribution in [1.29, 1.82) is 0 Å². The molecule has 0 bridgehead atoms. The lowest BCUT2D eigenvalue weighted by Gasteiger charge is -1.95. The molecule has 20 heavy (non-hydrogen) atoms. The van der Waals surface area contributed by atoms with Crippen molar-refractivity contribution < 1.29 is 15.0 Å². The van der Waals surface area contributed by atoms with Crippen LogP contribution in [-0.4, -0.2) is 16.0 Å². The summed E-state index contributed by atoms with van der Waals surface area (Å²) in [5.41, 5.74) is 1.46. The number of phenolic OH excluding ortho intramolecular Hbond substituents is 2. The van der Waals surface area contributed by atoms with Gasteiger partial charge in [-0.3, -0.25) is 4.79 Å². The summed E-state index contributed by atoms with van der Waals surface area (Å²) in [4.78, 5) is 11.8. The maximum atomic E-state index is 11.8. The predicted molar refractivity (Wildman–Crippen MR) is 78.7 cm³/mol. The largest absolute Gasteiger partial charge is 0.508 e. The molecule has 0 fully saturated rings. The Kier molecular flexibility index (Phi) is 4.35. The van der Waals surface area contributed by atoms with Crippen LogP contribution in [0, 0.1) is 0 Å². The second-order valence-electron chi connectivity index (χ2n) is 4.22. The van der Waals surface area contributed by atoms with Crippen LogP contribution in [-0.2, 0) is 0 Å². The highest BCUT2D eigenvalue weighted by Crippen LogP contribution is 2.12. The first-order valence-electron chi connectivity index (χ1n) is 6.12. The van der Waals surface area contributed by atoms with Crippen molar-refractivity contribution in [1.82, 2.24) is 0 Å². The number of hydrogen-bond acceptors (Lipinski definition) is 3. The van der Waals surface area contributed by atoms with Gasteiger partial charge >= 0.3 is 0 Å². The summed E-state index contributed by atoms with van der Waals surface area (Å²) < 4.78 is 0. The lowest BCUT2D eigenvalue weighted by atomic mass is 10.1. The van der Waals surface area contributed by atoms with E-state index in [0.717, 1.165) is 5.56 Å². The molecule has 0 spiro atoms. The van der Waals surface area contributed by atoms with E-state index in [-0.39, 0.29) is 17.3 Å². The predicted octanol–water partition coefficient (Wildman–Crippen LogP) is 3.55. The van der Waals surface area contributed by atoms with Gasteiger partial charge in [-0.25, -0.2) is 0 Å². The summed E-state index contributed by atoms with van der Waals surface area (Å²) in [6, 6.07) is 12.9. The molecule has 0 radical (unpaired) electrons. The van der Waals surface area contributed by atoms with Crippen molar-refractivity contribution in [2.24, 2.45) is 0 Å². The smallest absolute Gasteiger partial charge is 0.185 e. The minimum atomic E-state index is -0.125. The summed E-state index contributed by atoms with van der Waals surface area (Å²) in [5.74, 6) is 0.235. The molecular weight excluding hydrogens is 252 g/mol. The van der Waals surface area contributed by atoms with Crippen LogP contribution in [0.25, 0.3) is 6.08 Å². The molecule has 0 heterocycles. The average molecular weight is 266 g/mol. The van der Waals surface area contributed by atoms with Gasteiger partial charge in [-0.1, -0.05) is 30.4 Å². The van der Waals surface area contributed by atoms with Crippen LogP contribution in [0.4, 0.5) is 0 Å². The van der Waals surface area contributed by atoms with Crippen molar-refractivity contribution in [2.45, 2.75) is 0 Å². The fourth-order valence-electron chi connectivity index (χ4n) is 1.62. The molecule has 100 valence electrons. The topological polar surface area (TPSA) is 57.5 Å². The highest BCUT2D eigenvalue weighted by Gasteiger charge is 1.99. The van der Waals surface area contributed by atoms with E-state index < -0.39 is 0 Å². The maximum absolute atomic E-state index is 11.8. The van der Waals surface area contributed by atoms with Crippen molar-refractivity contribution in [2.75, 3.05) is 0 Å². The van der Waals surface area contributed by atoms with Crippen molar-refractivity contribution >= 4 is 11.9 Å². The van der Waals surface area contributed by atoms with E-state index in [1.165, 1.54) is 18.2 Å². The molecule has 3 heteroatoms. The van der Waals surface area contributed by atoms with Gasteiger partial charge in [-0.15, -0.1) is 0 Å². The van der Waals surface area contributed by atoms with Crippen LogP contribution in [0.2, 0.25) is 0 Å². The van der Waals surface area contributed by atoms with Crippen molar-refractivity contribution in [3.63, 3.8) is 0 Å². The summed E-state index contributed by atoms with van der Waals surface area (Å²) >= 11 is 0. The third-order valence-electron chi connectivity index (χ3n) is 2.69. The lowest BCUT2D eigenvalue weighted by molar-refractivity contribution is 0.104. The SMILES string of the molecule is O=C(/C=C/C=C/c1ccc(O)cc1)c1ccc(O)cc1. The first kappa shape index (κ1) is 13.6. The van der Waals surface area contributed by atoms with Gasteiger partial charge in [0.25, 0.3) is 0 Å². The molecule has 0 amide bonds. The Bertz CT molecular complexity index is 635. The Morgan fingerprint density at radius 1 is 0.800 bits per heavy atom. The minimum Gasteiger partial charge on any atom is -0.508 e. The van der Waals surface area contributed by atoms with Crippen LogP contribution in [0.3, 0.4) is 0 Å². The zero-order chi connectivity index (χ0) is 14.4. The second kappa shape index (κ2) is 6.38. The third-order valence-corrected chi connectivity index (χ3v) is 2.69. The molecule has 0 saturated carbocycles. The molecule has 0 aliphatic rings. The molecule has 2 N–H and O–H groups in total. The van der Waals surface area contributed by atoms with E-state index in [4.69, 9.17) is 10.2 Å². The highest BCUT2D eigenvalue weighted by molar-refractivity contribution is 6.04. The zero-order valence-corrected chi connectivity index (χ0v) is 10.7. The van der Waals surface area contributed by atoms with E-state index in [1.54, 1.807) is 48.6 Å². The van der Waals surface area contributed by atoms with Crippen LogP contribution >= 0.6 is 0 Å². The number of ketones is 1. The lowest BCUT2D eigenvalue weighted by Crippen LogP contribution is -1.92. The first-order chi connectivity index (χ1) is 9.65. The van der Waals surface area contributed by atoms with Crippen LogP contribution in [0.1, 0.15) is 15.9 Å². The van der Waals surface area contributed by atoms with Crippen molar-refractivity contribution in [3.05, 3.63) is 77.9 Å². The van der Waals surface area contributed by atoms with Gasteiger partial charge in [0.1, 0.15) is 11.5 Å². The van der Waals surface area contributed by atoms with E-state index in [1.807, 2.05) is 6.08 Å². The number of carbonyl (C=O) groups is 1. The molecule has 0 aliphatic carbocycles. The Hall–Kier alpha value is -2.81. The van der Waals surface area contributed by atoms with Gasteiger partial charge in [-0.2, -0.15) is 0 Å². The maximum Gasteiger partial charge on any atom is 0.185 e. The van der Waals surface area contributed by atoms with Crippen LogP contribution in [0.5, 0.6) is 11.5 Å². The summed E-state index contributed by atoms with van der Waals surface area (Å²) in [6.45, 7) is 0. The number of benzene rings is 2. The Morgan fingerprint density at radius 2 is 1.35 bits per heavy atom. The third kappa shape index (κ3) is 3.85. The van der Waals surface area contributed by atoms with E-state index in [9.17, 15) is 4.79 Å². The van der Waals surface area contributed by atoms with Gasteiger partial charge in [-0.05, 0) is 48.0 Å². The van der Waals surface area contributed by atoms with Crippen molar-refractivity contribution in [3.8, 4) is 11.5 Å². The number of hydrogen-bond donors (Lipinski definition) is 2. The van der Waals surface area contributed by atoms with Gasteiger partial charge < -0.3 is 10.2 Å². The number of allylic oxidation sites excluding steroid dienone is 3. The number of carbonyl (C=O) groups excluding carboxylic acids is 1. The van der Waals surface area contributed by atoms with Gasteiger partial charge in [0.15, 0.2) is 5.78 Å². The summed E-state index contributed by atoms with van der Waals surface area (Å²) in [7, 11) is 0. The Balaban J connectivity index is 1.97. The molecule has 0 saturated heterocycles. The average Bonchev–Trinajstić information content (AvgIpc) is 2.46. The van der Waals surface area contributed by atoms with E-state index in [2.05, 4.69) is 0 Å². The molecule has 3 nitrogen and oxygen atoms in total. The molecule has 0 unspecified atom stereocenters. The quantitative estimate of drug-likeness (QED) is 0.505. The fourth-order valence-corrected chi connectivity index (χ4v) is 1.62. The first-order valence-corrected chi connectivity index (χ1v) is 6.12. The monoisotopic (exact) mass is 266 g/mol. The van der Waals surface area contributed by atoms with Crippen LogP contribution < -0.4 is 0 Å². The van der Waals surface area contributed by atoms with E-state index >= 15 is 0 Å². The highest BCUT2D eigenvalue weighted by atomic mass is 16.3. The standard InChI is InChI=1S/C17H14O3/c18-15-9-5-13(6-10-15)3-1-2-4-17(20)14-7-11-16(19)12-8-14/h1-12,18-19H/b3-1+,4-2+. The number of phenols is 2. The van der Waals surface area contributed by atoms with Crippen LogP contribution in [0.15, 0.2) is 66.8 Å². The molecular formula is C17H14O3. The molecule has 2 rings (SSSR count). The number of rotatable bonds is 4. The molecule has 2 aromatic carbocycles. The molecule has 0 aromatic heterocycles. The second-order valence-corrected chi connectivity index (χ2v) is 4.22. The minimum absolute atomic E-state index is 0.125. The molecule has 2 aromatic rings. The Labute approximate surface area is 117 Å².